The fourth-order valence-corrected chi connectivity index (χ4v) is 2.17. The zero-order valence-electron chi connectivity index (χ0n) is 9.87. The molecule has 0 aromatic rings. The van der Waals surface area contributed by atoms with Gasteiger partial charge in [-0.05, 0) is 38.6 Å². The predicted molar refractivity (Wildman–Crippen MR) is 60.3 cm³/mol. The van der Waals surface area contributed by atoms with Crippen LogP contribution in [0.4, 0.5) is 0 Å². The highest BCUT2D eigenvalue weighted by Crippen LogP contribution is 2.27. The molecule has 2 nitrogen and oxygen atoms in total. The van der Waals surface area contributed by atoms with Gasteiger partial charge in [0.15, 0.2) is 0 Å². The van der Waals surface area contributed by atoms with Gasteiger partial charge >= 0.3 is 0 Å². The van der Waals surface area contributed by atoms with Crippen LogP contribution in [0.2, 0.25) is 0 Å². The Kier molecular flexibility index (Phi) is 4.90. The number of hydrogen-bond donors (Lipinski definition) is 1. The van der Waals surface area contributed by atoms with Crippen LogP contribution in [-0.4, -0.2) is 35.2 Å². The normalized spacial score (nSPS) is 22.1. The Labute approximate surface area is 88.3 Å². The van der Waals surface area contributed by atoms with E-state index < -0.39 is 0 Å². The fourth-order valence-electron chi connectivity index (χ4n) is 2.17. The lowest BCUT2D eigenvalue weighted by molar-refractivity contribution is 0.0416. The van der Waals surface area contributed by atoms with Gasteiger partial charge in [-0.3, -0.25) is 4.90 Å². The molecule has 1 fully saturated rings. The summed E-state index contributed by atoms with van der Waals surface area (Å²) in [4.78, 5) is 2.43. The van der Waals surface area contributed by atoms with Crippen molar-refractivity contribution in [3.05, 3.63) is 0 Å². The number of hydrogen-bond acceptors (Lipinski definition) is 2. The van der Waals surface area contributed by atoms with Gasteiger partial charge in [-0.25, -0.2) is 0 Å². The highest BCUT2D eigenvalue weighted by Gasteiger charge is 2.25. The van der Waals surface area contributed by atoms with E-state index >= 15 is 0 Å². The number of likely N-dealkylation sites (N-methyl/N-ethyl adjacent to an activating group) is 1. The molecular formula is C12H25NO. The molecule has 0 heterocycles. The molecule has 2 atom stereocenters. The van der Waals surface area contributed by atoms with Gasteiger partial charge in [0.2, 0.25) is 0 Å². The molecule has 0 radical (unpaired) electrons. The summed E-state index contributed by atoms with van der Waals surface area (Å²) in [6.45, 7) is 8.65. The first-order valence-electron chi connectivity index (χ1n) is 6.11. The summed E-state index contributed by atoms with van der Waals surface area (Å²) < 4.78 is 0. The van der Waals surface area contributed by atoms with E-state index in [0.29, 0.717) is 6.04 Å². The average molecular weight is 199 g/mol. The minimum absolute atomic E-state index is 0.157. The molecule has 0 spiro atoms. The van der Waals surface area contributed by atoms with Crippen molar-refractivity contribution in [2.45, 2.75) is 58.6 Å². The third-order valence-corrected chi connectivity index (χ3v) is 3.67. The minimum atomic E-state index is -0.157. The van der Waals surface area contributed by atoms with E-state index in [4.69, 9.17) is 0 Å². The molecule has 14 heavy (non-hydrogen) atoms. The first-order valence-corrected chi connectivity index (χ1v) is 6.11. The Morgan fingerprint density at radius 3 is 2.36 bits per heavy atom. The smallest absolute Gasteiger partial charge is 0.0690 e. The molecule has 1 aliphatic carbocycles. The Hall–Kier alpha value is -0.0800. The molecule has 1 N–H and O–H groups in total. The molecule has 0 aromatic carbocycles. The maximum Gasteiger partial charge on any atom is 0.0690 e. The van der Waals surface area contributed by atoms with E-state index in [1.54, 1.807) is 0 Å². The minimum Gasteiger partial charge on any atom is -0.392 e. The third kappa shape index (κ3) is 2.96. The maximum atomic E-state index is 9.79. The van der Waals surface area contributed by atoms with Crippen LogP contribution in [-0.2, 0) is 0 Å². The van der Waals surface area contributed by atoms with Crippen molar-refractivity contribution in [2.75, 3.05) is 13.1 Å². The first kappa shape index (κ1) is 12.0. The van der Waals surface area contributed by atoms with Crippen molar-refractivity contribution in [3.8, 4) is 0 Å². The van der Waals surface area contributed by atoms with Crippen LogP contribution in [0.5, 0.6) is 0 Å². The standard InChI is InChI=1S/C12H25NO/c1-4-12(14)10(3)13(5-2)9-11-7-6-8-11/h10-12,14H,4-9H2,1-3H3. The van der Waals surface area contributed by atoms with Crippen LogP contribution in [0.3, 0.4) is 0 Å². The molecule has 1 saturated carbocycles. The summed E-state index contributed by atoms with van der Waals surface area (Å²) in [5, 5.41) is 9.79. The summed E-state index contributed by atoms with van der Waals surface area (Å²) in [6, 6.07) is 0.325. The van der Waals surface area contributed by atoms with E-state index in [9.17, 15) is 5.11 Å². The molecule has 1 rings (SSSR count). The second kappa shape index (κ2) is 5.72. The van der Waals surface area contributed by atoms with Crippen molar-refractivity contribution < 1.29 is 5.11 Å². The van der Waals surface area contributed by atoms with Crippen LogP contribution in [0, 0.1) is 5.92 Å². The van der Waals surface area contributed by atoms with Gasteiger partial charge in [0.05, 0.1) is 6.10 Å². The number of rotatable bonds is 6. The lowest BCUT2D eigenvalue weighted by Crippen LogP contribution is -2.44. The van der Waals surface area contributed by atoms with Gasteiger partial charge in [-0.15, -0.1) is 0 Å². The van der Waals surface area contributed by atoms with E-state index in [1.807, 2.05) is 0 Å². The highest BCUT2D eigenvalue weighted by molar-refractivity contribution is 4.79. The predicted octanol–water partition coefficient (Wildman–Crippen LogP) is 2.27. The Morgan fingerprint density at radius 1 is 1.36 bits per heavy atom. The van der Waals surface area contributed by atoms with Crippen LogP contribution >= 0.6 is 0 Å². The molecule has 2 unspecified atom stereocenters. The largest absolute Gasteiger partial charge is 0.392 e. The molecule has 2 heteroatoms. The molecule has 1 aliphatic rings. The van der Waals surface area contributed by atoms with Gasteiger partial charge in [-0.2, -0.15) is 0 Å². The third-order valence-electron chi connectivity index (χ3n) is 3.67. The Bertz CT molecular complexity index is 156. The van der Waals surface area contributed by atoms with Crippen molar-refractivity contribution in [3.63, 3.8) is 0 Å². The summed E-state index contributed by atoms with van der Waals surface area (Å²) >= 11 is 0. The van der Waals surface area contributed by atoms with E-state index in [1.165, 1.54) is 25.8 Å². The van der Waals surface area contributed by atoms with Gasteiger partial charge in [0.25, 0.3) is 0 Å². The van der Waals surface area contributed by atoms with Gasteiger partial charge in [0.1, 0.15) is 0 Å². The van der Waals surface area contributed by atoms with E-state index in [0.717, 1.165) is 18.9 Å². The van der Waals surface area contributed by atoms with Crippen LogP contribution in [0.15, 0.2) is 0 Å². The zero-order chi connectivity index (χ0) is 10.6. The SMILES string of the molecule is CCC(O)C(C)N(CC)CC1CCC1. The molecule has 0 bridgehead atoms. The molecule has 0 aliphatic heterocycles. The molecule has 0 aromatic heterocycles. The van der Waals surface area contributed by atoms with Gasteiger partial charge in [0, 0.05) is 12.6 Å². The Morgan fingerprint density at radius 2 is 2.00 bits per heavy atom. The average Bonchev–Trinajstić information content (AvgIpc) is 2.14. The summed E-state index contributed by atoms with van der Waals surface area (Å²) in [7, 11) is 0. The highest BCUT2D eigenvalue weighted by atomic mass is 16.3. The number of nitrogens with zero attached hydrogens (tertiary/aromatic N) is 1. The van der Waals surface area contributed by atoms with Crippen LogP contribution in [0.1, 0.15) is 46.5 Å². The fraction of sp³-hybridized carbons (Fsp3) is 1.00. The monoisotopic (exact) mass is 199 g/mol. The zero-order valence-corrected chi connectivity index (χ0v) is 9.87. The lowest BCUT2D eigenvalue weighted by atomic mass is 9.84. The van der Waals surface area contributed by atoms with Crippen molar-refractivity contribution >= 4 is 0 Å². The van der Waals surface area contributed by atoms with Crippen molar-refractivity contribution in [2.24, 2.45) is 5.92 Å². The Balaban J connectivity index is 2.34. The second-order valence-electron chi connectivity index (χ2n) is 4.60. The lowest BCUT2D eigenvalue weighted by Gasteiger charge is -2.37. The van der Waals surface area contributed by atoms with Crippen molar-refractivity contribution in [1.82, 2.24) is 4.90 Å². The maximum absolute atomic E-state index is 9.79. The summed E-state index contributed by atoms with van der Waals surface area (Å²) in [5.74, 6) is 0.904. The van der Waals surface area contributed by atoms with E-state index in [-0.39, 0.29) is 6.10 Å². The quantitative estimate of drug-likeness (QED) is 0.709. The molecule has 0 amide bonds. The van der Waals surface area contributed by atoms with Crippen molar-refractivity contribution in [1.29, 1.82) is 0 Å². The number of aliphatic hydroxyl groups excluding tert-OH is 1. The molecule has 84 valence electrons. The summed E-state index contributed by atoms with van der Waals surface area (Å²) in [6.07, 6.45) is 4.90. The molecular weight excluding hydrogens is 174 g/mol. The first-order chi connectivity index (χ1) is 6.69. The van der Waals surface area contributed by atoms with Crippen LogP contribution in [0.25, 0.3) is 0 Å². The second-order valence-corrected chi connectivity index (χ2v) is 4.60. The summed E-state index contributed by atoms with van der Waals surface area (Å²) in [5.41, 5.74) is 0. The van der Waals surface area contributed by atoms with Crippen LogP contribution < -0.4 is 0 Å². The topological polar surface area (TPSA) is 23.5 Å². The van der Waals surface area contributed by atoms with Gasteiger partial charge in [-0.1, -0.05) is 20.3 Å². The molecule has 0 saturated heterocycles. The van der Waals surface area contributed by atoms with Gasteiger partial charge < -0.3 is 5.11 Å². The van der Waals surface area contributed by atoms with E-state index in [2.05, 4.69) is 25.7 Å². The number of aliphatic hydroxyl groups is 1.